The summed E-state index contributed by atoms with van der Waals surface area (Å²) in [5, 5.41) is 3.37. The number of nitrogens with zero attached hydrogens (tertiary/aromatic N) is 4. The number of halogens is 2. The van der Waals surface area contributed by atoms with Crippen molar-refractivity contribution in [2.75, 3.05) is 25.5 Å². The number of nitrogens with one attached hydrogen (secondary N) is 2. The van der Waals surface area contributed by atoms with E-state index < -0.39 is 5.82 Å². The van der Waals surface area contributed by atoms with E-state index in [-0.39, 0.29) is 5.84 Å². The molecule has 2 aromatic rings. The van der Waals surface area contributed by atoms with E-state index in [2.05, 4.69) is 36.7 Å². The molecule has 3 rings (SSSR count). The third kappa shape index (κ3) is 7.14. The lowest BCUT2D eigenvalue weighted by Gasteiger charge is -2.16. The van der Waals surface area contributed by atoms with E-state index in [4.69, 9.17) is 22.1 Å². The monoisotopic (exact) mass is 503 g/mol. The lowest BCUT2D eigenvalue weighted by molar-refractivity contribution is 0.387. The minimum Gasteiger partial charge on any atom is -0.480 e. The van der Waals surface area contributed by atoms with Crippen molar-refractivity contribution in [3.05, 3.63) is 64.7 Å². The Balaban J connectivity index is 0.00000199. The zero-order valence-corrected chi connectivity index (χ0v) is 21.0. The highest BCUT2D eigenvalue weighted by molar-refractivity contribution is 8.00. The Bertz CT molecular complexity index is 1150. The lowest BCUT2D eigenvalue weighted by Crippen LogP contribution is -2.22. The topological polar surface area (TPSA) is 109 Å². The van der Waals surface area contributed by atoms with Gasteiger partial charge in [0, 0.05) is 29.2 Å². The summed E-state index contributed by atoms with van der Waals surface area (Å²) in [5.74, 6) is 0.581. The number of nitrogens with two attached hydrogens (primary N) is 1. The summed E-state index contributed by atoms with van der Waals surface area (Å²) in [7, 11) is 3.28. The van der Waals surface area contributed by atoms with Gasteiger partial charge in [-0.2, -0.15) is 0 Å². The highest BCUT2D eigenvalue weighted by Gasteiger charge is 2.18. The van der Waals surface area contributed by atoms with Gasteiger partial charge in [0.2, 0.25) is 5.88 Å². The molecule has 1 aliphatic rings. The second-order valence-electron chi connectivity index (χ2n) is 6.41. The first kappa shape index (κ1) is 27.0. The molecule has 1 aliphatic heterocycles. The summed E-state index contributed by atoms with van der Waals surface area (Å²) >= 11 is 7.21. The van der Waals surface area contributed by atoms with Gasteiger partial charge in [0.25, 0.3) is 0 Å². The van der Waals surface area contributed by atoms with Gasteiger partial charge >= 0.3 is 0 Å². The molecule has 0 aliphatic carbocycles. The van der Waals surface area contributed by atoms with Crippen LogP contribution in [0.4, 0.5) is 10.1 Å². The second kappa shape index (κ2) is 13.5. The molecule has 1 aromatic heterocycles. The molecule has 11 heteroatoms. The molecule has 0 atom stereocenters. The van der Waals surface area contributed by atoms with Crippen molar-refractivity contribution in [2.45, 2.75) is 18.7 Å². The lowest BCUT2D eigenvalue weighted by atomic mass is 9.99. The van der Waals surface area contributed by atoms with Crippen molar-refractivity contribution in [3.63, 3.8) is 0 Å². The Kier molecular flexibility index (Phi) is 10.7. The standard InChI is InChI=1S/C21H21ClFN7OS.C2H6/c1-25-9-13-6-17(19(24)29-20(13)28-11-26-2)12-4-15(23)8-16(5-12)30-32-18-7-14(22)10-27-21(18)31-3;1-2/h4-10,26,30H,1,11H2,2-3H3,(H2,24,28,29);1-2H3/b13-9-;. The number of benzene rings is 1. The summed E-state index contributed by atoms with van der Waals surface area (Å²) in [5.41, 5.74) is 8.36. The summed E-state index contributed by atoms with van der Waals surface area (Å²) in [6.45, 7) is 7.84. The van der Waals surface area contributed by atoms with Crippen molar-refractivity contribution < 1.29 is 9.13 Å². The number of pyridine rings is 1. The van der Waals surface area contributed by atoms with Crippen molar-refractivity contribution >= 4 is 53.2 Å². The molecule has 180 valence electrons. The van der Waals surface area contributed by atoms with Crippen LogP contribution in [0.2, 0.25) is 5.02 Å². The maximum Gasteiger partial charge on any atom is 0.228 e. The van der Waals surface area contributed by atoms with E-state index in [1.54, 1.807) is 25.3 Å². The molecule has 2 heterocycles. The fraction of sp³-hybridized carbons (Fsp3) is 0.217. The van der Waals surface area contributed by atoms with Crippen LogP contribution in [0, 0.1) is 5.82 Å². The molecule has 0 amide bonds. The largest absolute Gasteiger partial charge is 0.480 e. The predicted octanol–water partition coefficient (Wildman–Crippen LogP) is 4.94. The van der Waals surface area contributed by atoms with Gasteiger partial charge in [-0.05, 0) is 61.6 Å². The average molecular weight is 504 g/mol. The summed E-state index contributed by atoms with van der Waals surface area (Å²) in [6, 6.07) is 6.19. The first-order chi connectivity index (χ1) is 16.4. The summed E-state index contributed by atoms with van der Waals surface area (Å²) < 4.78 is 22.8. The van der Waals surface area contributed by atoms with Crippen molar-refractivity contribution in [3.8, 4) is 5.88 Å². The minimum atomic E-state index is -0.447. The Hall–Kier alpha value is -3.21. The van der Waals surface area contributed by atoms with E-state index in [0.717, 1.165) is 0 Å². The molecule has 34 heavy (non-hydrogen) atoms. The Morgan fingerprint density at radius 3 is 2.74 bits per heavy atom. The number of aliphatic imine (C=N–C) groups is 3. The van der Waals surface area contributed by atoms with Gasteiger partial charge in [-0.1, -0.05) is 25.4 Å². The molecule has 0 bridgehead atoms. The van der Waals surface area contributed by atoms with Crippen LogP contribution in [-0.4, -0.2) is 44.2 Å². The fourth-order valence-electron chi connectivity index (χ4n) is 2.79. The highest BCUT2D eigenvalue weighted by Crippen LogP contribution is 2.32. The summed E-state index contributed by atoms with van der Waals surface area (Å²) in [6.07, 6.45) is 4.76. The number of ether oxygens (including phenoxy) is 1. The average Bonchev–Trinajstić information content (AvgIpc) is 2.83. The van der Waals surface area contributed by atoms with Crippen LogP contribution >= 0.6 is 23.5 Å². The number of hydrogen-bond donors (Lipinski definition) is 3. The maximum absolute atomic E-state index is 14.4. The van der Waals surface area contributed by atoms with Crippen LogP contribution in [0.1, 0.15) is 19.4 Å². The Morgan fingerprint density at radius 2 is 2.06 bits per heavy atom. The van der Waals surface area contributed by atoms with Crippen LogP contribution in [0.3, 0.4) is 0 Å². The van der Waals surface area contributed by atoms with E-state index in [1.807, 2.05) is 13.8 Å². The predicted molar refractivity (Wildman–Crippen MR) is 142 cm³/mol. The van der Waals surface area contributed by atoms with Crippen LogP contribution in [-0.2, 0) is 0 Å². The third-order valence-electron chi connectivity index (χ3n) is 4.14. The van der Waals surface area contributed by atoms with Gasteiger partial charge in [0.05, 0.1) is 23.7 Å². The second-order valence-corrected chi connectivity index (χ2v) is 7.69. The zero-order chi connectivity index (χ0) is 25.1. The minimum absolute atomic E-state index is 0.214. The van der Waals surface area contributed by atoms with Crippen LogP contribution in [0.5, 0.6) is 5.88 Å². The SMILES string of the molecule is C=N/C=C1/C=C(c2cc(F)cc(NSc3cc(Cl)cnc3OC)c2)C(N)=N/C1=N/CNC.CC. The molecule has 1 aromatic carbocycles. The maximum atomic E-state index is 14.4. The summed E-state index contributed by atoms with van der Waals surface area (Å²) in [4.78, 5) is 17.2. The number of anilines is 1. The molecule has 0 saturated carbocycles. The number of dihydropyridines is 1. The number of rotatable bonds is 8. The quantitative estimate of drug-likeness (QED) is 0.347. The van der Waals surface area contributed by atoms with Gasteiger partial charge in [0.1, 0.15) is 11.7 Å². The van der Waals surface area contributed by atoms with Gasteiger partial charge in [-0.15, -0.1) is 0 Å². The molecular formula is C23H27ClFN7OS. The first-order valence-corrected chi connectivity index (χ1v) is 11.5. The van der Waals surface area contributed by atoms with Crippen molar-refractivity contribution in [1.82, 2.24) is 10.3 Å². The molecule has 0 saturated heterocycles. The fourth-order valence-corrected chi connectivity index (χ4v) is 3.77. The third-order valence-corrected chi connectivity index (χ3v) is 5.20. The van der Waals surface area contributed by atoms with Gasteiger partial charge in [-0.3, -0.25) is 9.98 Å². The number of hydrogen-bond acceptors (Lipinski definition) is 8. The van der Waals surface area contributed by atoms with Crippen LogP contribution in [0.25, 0.3) is 5.57 Å². The molecule has 0 fully saturated rings. The smallest absolute Gasteiger partial charge is 0.228 e. The van der Waals surface area contributed by atoms with E-state index >= 15 is 0 Å². The molecule has 0 spiro atoms. The molecular weight excluding hydrogens is 477 g/mol. The molecule has 8 nitrogen and oxygen atoms in total. The van der Waals surface area contributed by atoms with E-state index in [1.165, 1.54) is 43.6 Å². The normalized spacial score (nSPS) is 15.2. The van der Waals surface area contributed by atoms with Gasteiger partial charge < -0.3 is 20.5 Å². The van der Waals surface area contributed by atoms with E-state index in [0.29, 0.717) is 50.7 Å². The number of methoxy groups -OCH3 is 1. The van der Waals surface area contributed by atoms with Crippen LogP contribution < -0.4 is 20.5 Å². The Labute approximate surface area is 208 Å². The van der Waals surface area contributed by atoms with Crippen molar-refractivity contribution in [2.24, 2.45) is 20.7 Å². The molecule has 0 unspecified atom stereocenters. The van der Waals surface area contributed by atoms with Crippen LogP contribution in [0.15, 0.2) is 68.2 Å². The number of aromatic nitrogens is 1. The molecule has 4 N–H and O–H groups in total. The van der Waals surface area contributed by atoms with Crippen molar-refractivity contribution in [1.29, 1.82) is 0 Å². The van der Waals surface area contributed by atoms with Gasteiger partial charge in [0.15, 0.2) is 5.84 Å². The zero-order valence-electron chi connectivity index (χ0n) is 19.4. The number of amidine groups is 2. The van der Waals surface area contributed by atoms with Gasteiger partial charge in [-0.25, -0.2) is 14.4 Å². The Morgan fingerprint density at radius 1 is 1.29 bits per heavy atom. The molecule has 0 radical (unpaired) electrons. The first-order valence-electron chi connectivity index (χ1n) is 10.3. The highest BCUT2D eigenvalue weighted by atomic mass is 35.5. The van der Waals surface area contributed by atoms with E-state index in [9.17, 15) is 4.39 Å².